The van der Waals surface area contributed by atoms with Crippen molar-refractivity contribution < 1.29 is 14.3 Å². The first-order chi connectivity index (χ1) is 5.72. The number of hydrogen-bond acceptors (Lipinski definition) is 5. The van der Waals surface area contributed by atoms with E-state index in [1.54, 1.807) is 0 Å². The van der Waals surface area contributed by atoms with Crippen LogP contribution in [-0.2, 0) is 14.3 Å². The molecule has 0 bridgehead atoms. The van der Waals surface area contributed by atoms with E-state index in [1.807, 2.05) is 0 Å². The highest BCUT2D eigenvalue weighted by Gasteiger charge is 2.17. The summed E-state index contributed by atoms with van der Waals surface area (Å²) in [4.78, 5) is 24.8. The third kappa shape index (κ3) is 2.31. The number of carbonyl (C=O) groups excluding carboxylic acids is 2. The van der Waals surface area contributed by atoms with Crippen LogP contribution in [0.3, 0.4) is 0 Å². The summed E-state index contributed by atoms with van der Waals surface area (Å²) in [7, 11) is 0. The van der Waals surface area contributed by atoms with Gasteiger partial charge in [0, 0.05) is 0 Å². The third-order valence-corrected chi connectivity index (χ3v) is 1.26. The molecular weight excluding hydrogens is 162 g/mol. The minimum absolute atomic E-state index is 0.0790. The zero-order valence-corrected chi connectivity index (χ0v) is 6.32. The lowest BCUT2D eigenvalue weighted by atomic mass is 10.5. The molecule has 6 nitrogen and oxygen atoms in total. The molecule has 6 heteroatoms. The maximum Gasteiger partial charge on any atom is 0.351 e. The van der Waals surface area contributed by atoms with Crippen LogP contribution in [0.5, 0.6) is 0 Å². The van der Waals surface area contributed by atoms with Gasteiger partial charge in [-0.2, -0.15) is 0 Å². The lowest BCUT2D eigenvalue weighted by Crippen LogP contribution is -2.35. The van der Waals surface area contributed by atoms with Gasteiger partial charge in [0.05, 0.1) is 13.1 Å². The van der Waals surface area contributed by atoms with Gasteiger partial charge in [-0.3, -0.25) is 4.79 Å². The summed E-state index contributed by atoms with van der Waals surface area (Å²) in [5, 5.41) is 2.44. The molecule has 3 N–H and O–H groups in total. The van der Waals surface area contributed by atoms with Crippen molar-refractivity contribution in [2.45, 2.75) is 6.23 Å². The largest absolute Gasteiger partial charge is 0.434 e. The number of nitrogens with one attached hydrogen (secondary N) is 1. The van der Waals surface area contributed by atoms with Gasteiger partial charge in [0.2, 0.25) is 12.1 Å². The molecule has 1 rings (SSSR count). The molecule has 0 spiro atoms. The zero-order valence-electron chi connectivity index (χ0n) is 6.32. The van der Waals surface area contributed by atoms with Crippen LogP contribution in [0.15, 0.2) is 4.99 Å². The van der Waals surface area contributed by atoms with Gasteiger partial charge in [-0.1, -0.05) is 0 Å². The first-order valence-electron chi connectivity index (χ1n) is 3.43. The van der Waals surface area contributed by atoms with Crippen molar-refractivity contribution in [2.24, 2.45) is 10.7 Å². The highest BCUT2D eigenvalue weighted by atomic mass is 16.6. The van der Waals surface area contributed by atoms with Crippen LogP contribution in [0.2, 0.25) is 0 Å². The van der Waals surface area contributed by atoms with Gasteiger partial charge >= 0.3 is 5.97 Å². The minimum Gasteiger partial charge on any atom is -0.434 e. The summed E-state index contributed by atoms with van der Waals surface area (Å²) in [5.41, 5.74) is 5.03. The van der Waals surface area contributed by atoms with Crippen LogP contribution in [0.4, 0.5) is 0 Å². The summed E-state index contributed by atoms with van der Waals surface area (Å²) < 4.78 is 4.64. The van der Waals surface area contributed by atoms with E-state index in [0.29, 0.717) is 0 Å². The number of ether oxygens (including phenoxy) is 1. The molecule has 12 heavy (non-hydrogen) atoms. The number of nitrogens with two attached hydrogens (primary N) is 1. The predicted molar refractivity (Wildman–Crippen MR) is 40.4 cm³/mol. The monoisotopic (exact) mass is 171 g/mol. The van der Waals surface area contributed by atoms with E-state index in [2.05, 4.69) is 15.0 Å². The second kappa shape index (κ2) is 3.82. The number of carbonyl (C=O) groups is 2. The number of nitrogens with zero attached hydrogens (tertiary/aromatic N) is 1. The molecule has 0 aromatic carbocycles. The molecule has 1 heterocycles. The lowest BCUT2D eigenvalue weighted by Gasteiger charge is -2.07. The number of rotatable bonds is 3. The van der Waals surface area contributed by atoms with Gasteiger partial charge in [-0.25, -0.2) is 9.79 Å². The number of hydrogen-bond donors (Lipinski definition) is 2. The van der Waals surface area contributed by atoms with E-state index in [0.717, 1.165) is 6.21 Å². The van der Waals surface area contributed by atoms with Crippen molar-refractivity contribution in [3.05, 3.63) is 0 Å². The Morgan fingerprint density at radius 1 is 1.83 bits per heavy atom. The van der Waals surface area contributed by atoms with Crippen molar-refractivity contribution in [3.8, 4) is 0 Å². The van der Waals surface area contributed by atoms with E-state index >= 15 is 0 Å². The number of cyclic esters (lactones) is 1. The second-order valence-electron chi connectivity index (χ2n) is 2.18. The van der Waals surface area contributed by atoms with Crippen LogP contribution >= 0.6 is 0 Å². The van der Waals surface area contributed by atoms with Gasteiger partial charge in [0.25, 0.3) is 0 Å². The molecule has 1 amide bonds. The van der Waals surface area contributed by atoms with Gasteiger partial charge in [-0.05, 0) is 0 Å². The smallest absolute Gasteiger partial charge is 0.351 e. The number of aliphatic imine (C=N–C) groups is 1. The van der Waals surface area contributed by atoms with E-state index in [4.69, 9.17) is 5.73 Å². The summed E-state index contributed by atoms with van der Waals surface area (Å²) in [6.07, 6.45) is 0.493. The fourth-order valence-electron chi connectivity index (χ4n) is 0.707. The maximum absolute atomic E-state index is 10.6. The summed E-state index contributed by atoms with van der Waals surface area (Å²) in [6.45, 7) is 0.0999. The first-order valence-corrected chi connectivity index (χ1v) is 3.43. The Labute approximate surface area is 68.8 Å². The first kappa shape index (κ1) is 8.66. The fourth-order valence-corrected chi connectivity index (χ4v) is 0.707. The Balaban J connectivity index is 2.21. The molecule has 66 valence electrons. The SMILES string of the molecule is NCC(=O)NCC1N=CC(=O)O1. The molecule has 0 radical (unpaired) electrons. The molecule has 1 aliphatic rings. The summed E-state index contributed by atoms with van der Waals surface area (Å²) in [5.74, 6) is -0.782. The molecule has 0 aromatic heterocycles. The fraction of sp³-hybridized carbons (Fsp3) is 0.500. The molecule has 0 aromatic rings. The summed E-state index contributed by atoms with van der Waals surface area (Å²) >= 11 is 0. The Bertz CT molecular complexity index is 226. The second-order valence-corrected chi connectivity index (χ2v) is 2.18. The highest BCUT2D eigenvalue weighted by Crippen LogP contribution is 1.98. The minimum atomic E-state index is -0.590. The van der Waals surface area contributed by atoms with Gasteiger partial charge in [0.15, 0.2) is 0 Å². The van der Waals surface area contributed by atoms with Crippen molar-refractivity contribution in [3.63, 3.8) is 0 Å². The molecule has 1 unspecified atom stereocenters. The molecule has 0 saturated heterocycles. The van der Waals surface area contributed by atoms with E-state index < -0.39 is 12.2 Å². The molecule has 0 fully saturated rings. The van der Waals surface area contributed by atoms with Crippen LogP contribution in [0.1, 0.15) is 0 Å². The van der Waals surface area contributed by atoms with E-state index in [1.165, 1.54) is 0 Å². The van der Waals surface area contributed by atoms with Crippen LogP contribution in [0.25, 0.3) is 0 Å². The van der Waals surface area contributed by atoms with Gasteiger partial charge in [0.1, 0.15) is 6.21 Å². The van der Waals surface area contributed by atoms with Crippen molar-refractivity contribution >= 4 is 18.1 Å². The Kier molecular flexibility index (Phi) is 2.76. The average Bonchev–Trinajstić information content (AvgIpc) is 2.47. The Hall–Kier alpha value is -1.43. The standard InChI is InChI=1S/C6H9N3O3/c7-1-4(10)8-2-5-9-3-6(11)12-5/h3,5H,1-2,7H2,(H,8,10). The predicted octanol–water partition coefficient (Wildman–Crippen LogP) is -1.98. The molecule has 0 aliphatic carbocycles. The van der Waals surface area contributed by atoms with Crippen molar-refractivity contribution in [2.75, 3.05) is 13.1 Å². The van der Waals surface area contributed by atoms with Gasteiger partial charge < -0.3 is 15.8 Å². The van der Waals surface area contributed by atoms with Crippen LogP contribution in [0, 0.1) is 0 Å². The summed E-state index contributed by atoms with van der Waals surface area (Å²) in [6, 6.07) is 0. The average molecular weight is 171 g/mol. The highest BCUT2D eigenvalue weighted by molar-refractivity contribution is 6.24. The van der Waals surface area contributed by atoms with E-state index in [-0.39, 0.29) is 19.0 Å². The Morgan fingerprint density at radius 2 is 2.58 bits per heavy atom. The van der Waals surface area contributed by atoms with Gasteiger partial charge in [-0.15, -0.1) is 0 Å². The quantitative estimate of drug-likeness (QED) is 0.481. The molecule has 1 atom stereocenters. The normalized spacial score (nSPS) is 20.8. The van der Waals surface area contributed by atoms with Crippen molar-refractivity contribution in [1.82, 2.24) is 5.32 Å². The Morgan fingerprint density at radius 3 is 3.08 bits per heavy atom. The molecule has 1 aliphatic heterocycles. The van der Waals surface area contributed by atoms with E-state index in [9.17, 15) is 9.59 Å². The third-order valence-electron chi connectivity index (χ3n) is 1.26. The van der Waals surface area contributed by atoms with Crippen LogP contribution in [-0.4, -0.2) is 37.4 Å². The molecule has 0 saturated carbocycles. The maximum atomic E-state index is 10.6. The van der Waals surface area contributed by atoms with Crippen LogP contribution < -0.4 is 11.1 Å². The number of esters is 1. The lowest BCUT2D eigenvalue weighted by molar-refractivity contribution is -0.137. The molecular formula is C6H9N3O3. The number of amides is 1. The zero-order chi connectivity index (χ0) is 8.97. The topological polar surface area (TPSA) is 93.8 Å². The van der Waals surface area contributed by atoms with Crippen molar-refractivity contribution in [1.29, 1.82) is 0 Å².